The molecule has 0 bridgehead atoms. The summed E-state index contributed by atoms with van der Waals surface area (Å²) in [6, 6.07) is 16.4. The first-order valence-electron chi connectivity index (χ1n) is 9.59. The predicted octanol–water partition coefficient (Wildman–Crippen LogP) is 5.93. The molecule has 8 heteroatoms. The molecule has 1 aromatic heterocycles. The highest BCUT2D eigenvalue weighted by atomic mass is 32.1. The number of amides is 1. The van der Waals surface area contributed by atoms with Gasteiger partial charge in [0.2, 0.25) is 0 Å². The second-order valence-electron chi connectivity index (χ2n) is 6.84. The fraction of sp³-hybridized carbons (Fsp3) is 0.227. The molecule has 3 aromatic rings. The highest BCUT2D eigenvalue weighted by Gasteiger charge is 2.39. The van der Waals surface area contributed by atoms with Crippen LogP contribution in [0.15, 0.2) is 60.0 Å². The third-order valence-electron chi connectivity index (χ3n) is 5.15. The lowest BCUT2D eigenvalue weighted by Gasteiger charge is -2.25. The maximum absolute atomic E-state index is 12.9. The van der Waals surface area contributed by atoms with E-state index < -0.39 is 13.9 Å². The van der Waals surface area contributed by atoms with Gasteiger partial charge < -0.3 is 11.1 Å². The van der Waals surface area contributed by atoms with Crippen molar-refractivity contribution < 1.29 is 18.8 Å². The first-order valence-corrected chi connectivity index (χ1v) is 11.6. The van der Waals surface area contributed by atoms with E-state index in [1.54, 1.807) is 41.7 Å². The first-order chi connectivity index (χ1) is 14.4. The molecular weight excluding hydrogens is 419 g/mol. The van der Waals surface area contributed by atoms with Crippen LogP contribution in [0.3, 0.4) is 0 Å². The minimum absolute atomic E-state index is 0.318. The molecule has 1 heterocycles. The zero-order valence-electron chi connectivity index (χ0n) is 16.8. The van der Waals surface area contributed by atoms with Gasteiger partial charge >= 0.3 is 8.25 Å². The lowest BCUT2D eigenvalue weighted by Crippen LogP contribution is -2.26. The number of nitrogens with one attached hydrogen (secondary N) is 1. The molecule has 1 amide bonds. The number of rotatable bonds is 8. The average molecular weight is 443 g/mol. The minimum Gasteiger partial charge on any atom is -0.397 e. The number of nitrogen functional groups attached to an aromatic ring is 1. The monoisotopic (exact) mass is 443 g/mol. The Hall–Kier alpha value is -2.57. The topological polar surface area (TPSA) is 102 Å². The lowest BCUT2D eigenvalue weighted by atomic mass is 9.87. The van der Waals surface area contributed by atoms with Crippen molar-refractivity contribution in [2.24, 2.45) is 0 Å². The van der Waals surface area contributed by atoms with Crippen LogP contribution < -0.4 is 11.1 Å². The summed E-state index contributed by atoms with van der Waals surface area (Å²) in [5, 5.41) is 4.87. The molecule has 6 nitrogen and oxygen atoms in total. The van der Waals surface area contributed by atoms with E-state index in [4.69, 9.17) is 10.3 Å². The molecular formula is C22H24N2O4PS+. The number of carbonyl (C=O) groups excluding carboxylic acids is 1. The van der Waals surface area contributed by atoms with Crippen molar-refractivity contribution in [3.05, 3.63) is 71.1 Å². The quantitative estimate of drug-likeness (QED) is 0.296. The van der Waals surface area contributed by atoms with Crippen LogP contribution in [0.25, 0.3) is 10.4 Å². The molecule has 0 aliphatic carbocycles. The number of benzene rings is 2. The molecule has 2 aromatic carbocycles. The number of thiophene rings is 1. The molecule has 1 unspecified atom stereocenters. The molecule has 0 saturated heterocycles. The van der Waals surface area contributed by atoms with E-state index in [1.165, 1.54) is 0 Å². The highest BCUT2D eigenvalue weighted by Crippen LogP contribution is 2.40. The van der Waals surface area contributed by atoms with Gasteiger partial charge in [-0.2, -0.15) is 0 Å². The fourth-order valence-corrected chi connectivity index (χ4v) is 4.77. The molecule has 0 aliphatic heterocycles. The fourth-order valence-electron chi connectivity index (χ4n) is 3.39. The van der Waals surface area contributed by atoms with Crippen molar-refractivity contribution in [2.75, 3.05) is 11.1 Å². The van der Waals surface area contributed by atoms with Gasteiger partial charge in [-0.1, -0.05) is 38.1 Å². The number of carbonyl (C=O) groups is 1. The van der Waals surface area contributed by atoms with Gasteiger partial charge in [0, 0.05) is 15.0 Å². The molecule has 4 N–H and O–H groups in total. The van der Waals surface area contributed by atoms with Crippen LogP contribution in [0.2, 0.25) is 0 Å². The maximum atomic E-state index is 12.9. The third kappa shape index (κ3) is 4.77. The summed E-state index contributed by atoms with van der Waals surface area (Å²) in [6.07, 6.45) is 0.984. The summed E-state index contributed by atoms with van der Waals surface area (Å²) in [5.41, 5.74) is 8.20. The van der Waals surface area contributed by atoms with Crippen LogP contribution in [0.4, 0.5) is 11.4 Å². The van der Waals surface area contributed by atoms with Crippen LogP contribution in [-0.4, -0.2) is 10.8 Å². The Bertz CT molecular complexity index is 1050. The van der Waals surface area contributed by atoms with Crippen molar-refractivity contribution in [3.8, 4) is 10.4 Å². The summed E-state index contributed by atoms with van der Waals surface area (Å²) in [6.45, 7) is 3.76. The Balaban J connectivity index is 1.89. The molecule has 30 heavy (non-hydrogen) atoms. The molecule has 3 rings (SSSR count). The smallest absolute Gasteiger partial charge is 0.397 e. The van der Waals surface area contributed by atoms with Crippen LogP contribution >= 0.6 is 19.6 Å². The van der Waals surface area contributed by atoms with Crippen molar-refractivity contribution in [3.63, 3.8) is 0 Å². The molecule has 0 fully saturated rings. The van der Waals surface area contributed by atoms with E-state index in [-0.39, 0.29) is 5.91 Å². The van der Waals surface area contributed by atoms with Gasteiger partial charge in [-0.15, -0.1) is 20.8 Å². The van der Waals surface area contributed by atoms with E-state index in [0.717, 1.165) is 10.4 Å². The summed E-state index contributed by atoms with van der Waals surface area (Å²) < 4.78 is 16.7. The van der Waals surface area contributed by atoms with Gasteiger partial charge in [0.05, 0.1) is 11.4 Å². The molecule has 0 aliphatic rings. The van der Waals surface area contributed by atoms with Gasteiger partial charge in [-0.3, -0.25) is 4.79 Å². The normalized spacial score (nSPS) is 11.9. The average Bonchev–Trinajstić information content (AvgIpc) is 3.28. The summed E-state index contributed by atoms with van der Waals surface area (Å²) >= 11 is 1.61. The van der Waals surface area contributed by atoms with Gasteiger partial charge in [0.1, 0.15) is 0 Å². The minimum atomic E-state index is -2.78. The van der Waals surface area contributed by atoms with Crippen LogP contribution in [0.1, 0.15) is 42.6 Å². The Labute approximate surface area is 180 Å². The standard InChI is InChI=1S/C22H23N2O4PS/c1-3-22(4-2,28-29(26)27)17-8-5-7-16(13-17)21(25)24-19-14-15(10-11-18(19)23)20-9-6-12-30-20/h5-14H,3-4,23H2,1-2H3,(H-,24,25,26,27)/p+1. The number of nitrogens with two attached hydrogens (primary N) is 1. The second kappa shape index (κ2) is 9.49. The summed E-state index contributed by atoms with van der Waals surface area (Å²) in [4.78, 5) is 23.3. The third-order valence-corrected chi connectivity index (χ3v) is 6.58. The van der Waals surface area contributed by atoms with E-state index in [0.29, 0.717) is 35.3 Å². The lowest BCUT2D eigenvalue weighted by molar-refractivity contribution is 0.0535. The van der Waals surface area contributed by atoms with E-state index in [2.05, 4.69) is 5.32 Å². The van der Waals surface area contributed by atoms with Gasteiger partial charge in [0.25, 0.3) is 5.91 Å². The maximum Gasteiger partial charge on any atom is 0.695 e. The molecule has 0 saturated carbocycles. The van der Waals surface area contributed by atoms with Crippen molar-refractivity contribution in [1.82, 2.24) is 0 Å². The summed E-state index contributed by atoms with van der Waals surface area (Å²) in [7, 11) is -2.78. The molecule has 0 spiro atoms. The molecule has 156 valence electrons. The largest absolute Gasteiger partial charge is 0.695 e. The zero-order chi connectivity index (χ0) is 21.7. The van der Waals surface area contributed by atoms with Crippen LogP contribution in [0, 0.1) is 0 Å². The Morgan fingerprint density at radius 2 is 1.93 bits per heavy atom. The number of hydrogen-bond donors (Lipinski definition) is 3. The van der Waals surface area contributed by atoms with Crippen molar-refractivity contribution in [2.45, 2.75) is 32.3 Å². The van der Waals surface area contributed by atoms with Crippen LogP contribution in [0.5, 0.6) is 0 Å². The Morgan fingerprint density at radius 3 is 2.57 bits per heavy atom. The van der Waals surface area contributed by atoms with Crippen LogP contribution in [-0.2, 0) is 14.7 Å². The molecule has 0 radical (unpaired) electrons. The zero-order valence-corrected chi connectivity index (χ0v) is 18.5. The van der Waals surface area contributed by atoms with Crippen molar-refractivity contribution >= 4 is 36.9 Å². The van der Waals surface area contributed by atoms with E-state index in [9.17, 15) is 14.3 Å². The van der Waals surface area contributed by atoms with Crippen molar-refractivity contribution in [1.29, 1.82) is 0 Å². The second-order valence-corrected chi connectivity index (χ2v) is 8.45. The molecule has 1 atom stereocenters. The summed E-state index contributed by atoms with van der Waals surface area (Å²) in [5.74, 6) is -0.318. The number of anilines is 2. The van der Waals surface area contributed by atoms with Gasteiger partial charge in [-0.25, -0.2) is 0 Å². The Kier molecular flexibility index (Phi) is 7.00. The SMILES string of the molecule is CCC(CC)(O[P+](=O)O)c1cccc(C(=O)Nc2cc(-c3cccs3)ccc2N)c1. The first kappa shape index (κ1) is 22.1. The van der Waals surface area contributed by atoms with E-state index in [1.807, 2.05) is 43.5 Å². The van der Waals surface area contributed by atoms with Gasteiger partial charge in [-0.05, 0) is 59.7 Å². The highest BCUT2D eigenvalue weighted by molar-refractivity contribution is 7.32. The van der Waals surface area contributed by atoms with E-state index >= 15 is 0 Å². The predicted molar refractivity (Wildman–Crippen MR) is 122 cm³/mol. The Morgan fingerprint density at radius 1 is 1.17 bits per heavy atom. The van der Waals surface area contributed by atoms with Gasteiger partial charge in [0.15, 0.2) is 5.60 Å². The number of hydrogen-bond acceptors (Lipinski definition) is 5.